The fourth-order valence-corrected chi connectivity index (χ4v) is 3.82. The van der Waals surface area contributed by atoms with Crippen molar-refractivity contribution in [3.8, 4) is 0 Å². The predicted octanol–water partition coefficient (Wildman–Crippen LogP) is 0.801. The maximum atomic E-state index is 13.0. The molecule has 158 valence electrons. The van der Waals surface area contributed by atoms with Crippen LogP contribution in [0, 0.1) is 13.8 Å². The number of hydrogen-bond donors (Lipinski definition) is 1. The van der Waals surface area contributed by atoms with Crippen molar-refractivity contribution in [3.05, 3.63) is 23.2 Å². The van der Waals surface area contributed by atoms with Crippen molar-refractivity contribution in [2.24, 2.45) is 0 Å². The number of anilines is 1. The molecular formula is C18H26N6O4S. The summed E-state index contributed by atoms with van der Waals surface area (Å²) in [6, 6.07) is 0. The SMILES string of the molecule is COCCc1nsc(N2CCNC(=O)CCN(C(=O)c3oc(C)nc3C)CC2)n1. The van der Waals surface area contributed by atoms with Crippen LogP contribution in [0.15, 0.2) is 4.42 Å². The normalized spacial score (nSPS) is 16.0. The zero-order valence-corrected chi connectivity index (χ0v) is 17.8. The molecular weight excluding hydrogens is 396 g/mol. The average Bonchev–Trinajstić information content (AvgIpc) is 3.30. The van der Waals surface area contributed by atoms with E-state index >= 15 is 0 Å². The van der Waals surface area contributed by atoms with Crippen molar-refractivity contribution >= 4 is 28.5 Å². The Morgan fingerprint density at radius 2 is 2.07 bits per heavy atom. The Morgan fingerprint density at radius 3 is 2.79 bits per heavy atom. The summed E-state index contributed by atoms with van der Waals surface area (Å²) in [5.74, 6) is 1.06. The minimum atomic E-state index is -0.255. The Kier molecular flexibility index (Phi) is 7.15. The molecule has 0 unspecified atom stereocenters. The van der Waals surface area contributed by atoms with E-state index in [1.807, 2.05) is 4.90 Å². The summed E-state index contributed by atoms with van der Waals surface area (Å²) in [7, 11) is 1.64. The van der Waals surface area contributed by atoms with Gasteiger partial charge in [0.15, 0.2) is 5.89 Å². The van der Waals surface area contributed by atoms with Gasteiger partial charge in [-0.3, -0.25) is 9.59 Å². The first-order valence-electron chi connectivity index (χ1n) is 9.54. The number of hydrogen-bond acceptors (Lipinski definition) is 9. The first kappa shape index (κ1) is 21.2. The summed E-state index contributed by atoms with van der Waals surface area (Å²) in [5, 5.41) is 3.66. The number of rotatable bonds is 5. The number of methoxy groups -OCH3 is 1. The smallest absolute Gasteiger partial charge is 0.291 e. The summed E-state index contributed by atoms with van der Waals surface area (Å²) >= 11 is 1.31. The Bertz CT molecular complexity index is 851. The highest BCUT2D eigenvalue weighted by Gasteiger charge is 2.25. The predicted molar refractivity (Wildman–Crippen MR) is 107 cm³/mol. The highest BCUT2D eigenvalue weighted by atomic mass is 32.1. The lowest BCUT2D eigenvalue weighted by Gasteiger charge is -2.28. The van der Waals surface area contributed by atoms with Crippen LogP contribution in [-0.2, 0) is 16.0 Å². The van der Waals surface area contributed by atoms with Gasteiger partial charge < -0.3 is 24.3 Å². The van der Waals surface area contributed by atoms with E-state index in [4.69, 9.17) is 9.15 Å². The van der Waals surface area contributed by atoms with E-state index in [9.17, 15) is 9.59 Å². The van der Waals surface area contributed by atoms with Crippen LogP contribution >= 0.6 is 11.5 Å². The molecule has 0 bridgehead atoms. The van der Waals surface area contributed by atoms with Crippen molar-refractivity contribution in [2.75, 3.05) is 51.3 Å². The molecule has 1 N–H and O–H groups in total. The Balaban J connectivity index is 1.74. The largest absolute Gasteiger partial charge is 0.436 e. The van der Waals surface area contributed by atoms with Gasteiger partial charge in [0.25, 0.3) is 5.91 Å². The Labute approximate surface area is 173 Å². The maximum absolute atomic E-state index is 13.0. The zero-order valence-electron chi connectivity index (χ0n) is 16.9. The fraction of sp³-hybridized carbons (Fsp3) is 0.611. The van der Waals surface area contributed by atoms with Gasteiger partial charge in [0.05, 0.1) is 12.3 Å². The lowest BCUT2D eigenvalue weighted by Crippen LogP contribution is -2.45. The van der Waals surface area contributed by atoms with Crippen LogP contribution in [0.4, 0.5) is 5.13 Å². The fourth-order valence-electron chi connectivity index (χ4n) is 3.06. The molecule has 10 nitrogen and oxygen atoms in total. The number of aromatic nitrogens is 3. The number of nitrogens with zero attached hydrogens (tertiary/aromatic N) is 5. The van der Waals surface area contributed by atoms with Gasteiger partial charge in [-0.15, -0.1) is 0 Å². The van der Waals surface area contributed by atoms with E-state index in [0.717, 1.165) is 11.0 Å². The van der Waals surface area contributed by atoms with E-state index in [1.54, 1.807) is 25.9 Å². The molecule has 0 atom stereocenters. The van der Waals surface area contributed by atoms with Crippen molar-refractivity contribution in [1.29, 1.82) is 0 Å². The summed E-state index contributed by atoms with van der Waals surface area (Å²) in [6.07, 6.45) is 0.893. The second-order valence-corrected chi connectivity index (χ2v) is 7.49. The number of carbonyl (C=O) groups excluding carboxylic acids is 2. The van der Waals surface area contributed by atoms with Crippen LogP contribution in [0.2, 0.25) is 0 Å². The van der Waals surface area contributed by atoms with Crippen LogP contribution in [0.1, 0.15) is 34.4 Å². The van der Waals surface area contributed by atoms with E-state index in [2.05, 4.69) is 19.7 Å². The maximum Gasteiger partial charge on any atom is 0.291 e. The molecule has 1 aliphatic heterocycles. The molecule has 3 heterocycles. The Morgan fingerprint density at radius 1 is 1.24 bits per heavy atom. The van der Waals surface area contributed by atoms with Crippen molar-refractivity contribution in [3.63, 3.8) is 0 Å². The minimum Gasteiger partial charge on any atom is -0.436 e. The van der Waals surface area contributed by atoms with Crippen LogP contribution in [0.25, 0.3) is 0 Å². The monoisotopic (exact) mass is 422 g/mol. The third kappa shape index (κ3) is 5.51. The second-order valence-electron chi connectivity index (χ2n) is 6.76. The van der Waals surface area contributed by atoms with E-state index in [1.165, 1.54) is 11.5 Å². The van der Waals surface area contributed by atoms with E-state index in [0.29, 0.717) is 57.3 Å². The molecule has 2 aromatic rings. The van der Waals surface area contributed by atoms with Gasteiger partial charge in [-0.1, -0.05) is 0 Å². The molecule has 0 aliphatic carbocycles. The first-order chi connectivity index (χ1) is 14.0. The topological polar surface area (TPSA) is 114 Å². The van der Waals surface area contributed by atoms with Crippen molar-refractivity contribution < 1.29 is 18.7 Å². The number of amides is 2. The average molecular weight is 423 g/mol. The number of oxazole rings is 1. The molecule has 2 aromatic heterocycles. The van der Waals surface area contributed by atoms with Gasteiger partial charge in [0.2, 0.25) is 16.8 Å². The van der Waals surface area contributed by atoms with Crippen molar-refractivity contribution in [1.82, 2.24) is 24.6 Å². The minimum absolute atomic E-state index is 0.0897. The van der Waals surface area contributed by atoms with Crippen molar-refractivity contribution in [2.45, 2.75) is 26.7 Å². The van der Waals surface area contributed by atoms with Crippen LogP contribution in [0.3, 0.4) is 0 Å². The number of aryl methyl sites for hydroxylation is 2. The van der Waals surface area contributed by atoms with Crippen LogP contribution < -0.4 is 10.2 Å². The number of ether oxygens (including phenoxy) is 1. The summed E-state index contributed by atoms with van der Waals surface area (Å²) in [4.78, 5) is 37.5. The molecule has 1 aliphatic rings. The third-order valence-electron chi connectivity index (χ3n) is 4.60. The van der Waals surface area contributed by atoms with Gasteiger partial charge in [0, 0.05) is 71.1 Å². The quantitative estimate of drug-likeness (QED) is 0.753. The molecule has 1 saturated heterocycles. The standard InChI is InChI=1S/C18H26N6O4S/c1-12-16(28-13(2)20-12)17(26)23-7-4-15(25)19-6-8-24(10-9-23)18-21-14(22-29-18)5-11-27-3/h4-11H2,1-3H3,(H,19,25). The lowest BCUT2D eigenvalue weighted by atomic mass is 10.2. The van der Waals surface area contributed by atoms with Gasteiger partial charge in [-0.25, -0.2) is 9.97 Å². The highest BCUT2D eigenvalue weighted by Crippen LogP contribution is 2.19. The Hall–Kier alpha value is -2.53. The van der Waals surface area contributed by atoms with E-state index in [-0.39, 0.29) is 24.0 Å². The molecule has 1 fully saturated rings. The van der Waals surface area contributed by atoms with Gasteiger partial charge in [-0.05, 0) is 6.92 Å². The van der Waals surface area contributed by atoms with Crippen LogP contribution in [0.5, 0.6) is 0 Å². The molecule has 0 spiro atoms. The molecule has 29 heavy (non-hydrogen) atoms. The first-order valence-corrected chi connectivity index (χ1v) is 10.3. The number of carbonyl (C=O) groups is 2. The van der Waals surface area contributed by atoms with Gasteiger partial charge in [-0.2, -0.15) is 4.37 Å². The molecule has 2 amide bonds. The molecule has 0 aromatic carbocycles. The zero-order chi connectivity index (χ0) is 20.8. The van der Waals surface area contributed by atoms with Crippen LogP contribution in [-0.4, -0.2) is 77.5 Å². The van der Waals surface area contributed by atoms with Gasteiger partial charge >= 0.3 is 0 Å². The summed E-state index contributed by atoms with van der Waals surface area (Å²) in [5.41, 5.74) is 0.554. The molecule has 0 saturated carbocycles. The molecule has 3 rings (SSSR count). The molecule has 0 radical (unpaired) electrons. The second kappa shape index (κ2) is 9.79. The van der Waals surface area contributed by atoms with Gasteiger partial charge in [0.1, 0.15) is 5.82 Å². The lowest BCUT2D eigenvalue weighted by molar-refractivity contribution is -0.121. The van der Waals surface area contributed by atoms with E-state index < -0.39 is 0 Å². The molecule has 11 heteroatoms. The summed E-state index contributed by atoms with van der Waals surface area (Å²) in [6.45, 7) is 6.45. The highest BCUT2D eigenvalue weighted by molar-refractivity contribution is 7.09. The number of nitrogens with one attached hydrogen (secondary N) is 1. The third-order valence-corrected chi connectivity index (χ3v) is 5.41. The summed E-state index contributed by atoms with van der Waals surface area (Å²) < 4.78 is 14.9.